The summed E-state index contributed by atoms with van der Waals surface area (Å²) in [5.74, 6) is 0. The average Bonchev–Trinajstić information content (AvgIpc) is 2.36. The summed E-state index contributed by atoms with van der Waals surface area (Å²) in [6, 6.07) is 7.40. The van der Waals surface area contributed by atoms with E-state index in [-0.39, 0.29) is 0 Å². The van der Waals surface area contributed by atoms with E-state index in [0.717, 1.165) is 13.1 Å². The third-order valence-corrected chi connectivity index (χ3v) is 3.58. The molecular weight excluding hydrogens is 232 g/mol. The Morgan fingerprint density at radius 1 is 1.21 bits per heavy atom. The van der Waals surface area contributed by atoms with E-state index in [9.17, 15) is 0 Å². The predicted octanol–water partition coefficient (Wildman–Crippen LogP) is 4.12. The average molecular weight is 262 g/mol. The van der Waals surface area contributed by atoms with Crippen LogP contribution in [0.4, 0.5) is 5.69 Å². The minimum Gasteiger partial charge on any atom is -0.369 e. The van der Waals surface area contributed by atoms with Crippen molar-refractivity contribution in [1.82, 2.24) is 5.32 Å². The van der Waals surface area contributed by atoms with Crippen LogP contribution in [0.3, 0.4) is 0 Å². The lowest BCUT2D eigenvalue weighted by Crippen LogP contribution is -2.32. The molecule has 0 radical (unpaired) electrons. The Labute approximate surface area is 119 Å². The summed E-state index contributed by atoms with van der Waals surface area (Å²) in [4.78, 5) is 2.54. The van der Waals surface area contributed by atoms with Gasteiger partial charge >= 0.3 is 0 Å². The van der Waals surface area contributed by atoms with Gasteiger partial charge in [-0.3, -0.25) is 0 Å². The van der Waals surface area contributed by atoms with E-state index >= 15 is 0 Å². The third-order valence-electron chi connectivity index (χ3n) is 3.58. The van der Waals surface area contributed by atoms with Crippen molar-refractivity contribution in [3.8, 4) is 0 Å². The van der Waals surface area contributed by atoms with Gasteiger partial charge < -0.3 is 10.2 Å². The van der Waals surface area contributed by atoms with Crippen molar-refractivity contribution in [3.63, 3.8) is 0 Å². The molecular formula is C17H30N2. The number of benzene rings is 1. The minimum atomic E-state index is 0.561. The highest BCUT2D eigenvalue weighted by molar-refractivity contribution is 5.55. The van der Waals surface area contributed by atoms with Crippen LogP contribution in [0.15, 0.2) is 18.2 Å². The highest BCUT2D eigenvalue weighted by Gasteiger charge is 2.12. The van der Waals surface area contributed by atoms with Crippen molar-refractivity contribution in [2.45, 2.75) is 59.5 Å². The van der Waals surface area contributed by atoms with Gasteiger partial charge in [0, 0.05) is 24.8 Å². The number of hydrogen-bond acceptors (Lipinski definition) is 2. The highest BCUT2D eigenvalue weighted by Crippen LogP contribution is 2.24. The lowest BCUT2D eigenvalue weighted by atomic mass is 10.1. The normalized spacial score (nSPS) is 11.1. The van der Waals surface area contributed by atoms with Crippen molar-refractivity contribution >= 4 is 5.69 Å². The van der Waals surface area contributed by atoms with E-state index in [1.807, 2.05) is 7.05 Å². The second-order valence-corrected chi connectivity index (χ2v) is 5.65. The predicted molar refractivity (Wildman–Crippen MR) is 85.9 cm³/mol. The number of rotatable bonds is 8. The largest absolute Gasteiger partial charge is 0.369 e. The van der Waals surface area contributed by atoms with E-state index in [1.165, 1.54) is 36.1 Å². The Morgan fingerprint density at radius 3 is 2.47 bits per heavy atom. The van der Waals surface area contributed by atoms with Crippen LogP contribution in [0.5, 0.6) is 0 Å². The molecule has 1 rings (SSSR count). The van der Waals surface area contributed by atoms with Crippen LogP contribution in [0, 0.1) is 6.92 Å². The third kappa shape index (κ3) is 4.87. The van der Waals surface area contributed by atoms with Crippen LogP contribution < -0.4 is 10.2 Å². The summed E-state index contributed by atoms with van der Waals surface area (Å²) in [5.41, 5.74) is 4.14. The molecule has 0 spiro atoms. The summed E-state index contributed by atoms with van der Waals surface area (Å²) in [6.45, 7) is 11.2. The van der Waals surface area contributed by atoms with Gasteiger partial charge in [0.2, 0.25) is 0 Å². The smallest absolute Gasteiger partial charge is 0.0398 e. The maximum absolute atomic E-state index is 3.21. The highest BCUT2D eigenvalue weighted by atomic mass is 15.1. The Kier molecular flexibility index (Phi) is 6.93. The summed E-state index contributed by atoms with van der Waals surface area (Å²) in [5, 5.41) is 3.21. The van der Waals surface area contributed by atoms with Gasteiger partial charge in [-0.1, -0.05) is 31.9 Å². The van der Waals surface area contributed by atoms with Gasteiger partial charge in [-0.25, -0.2) is 0 Å². The van der Waals surface area contributed by atoms with Gasteiger partial charge in [-0.2, -0.15) is 0 Å². The van der Waals surface area contributed by atoms with Crippen LogP contribution in [-0.4, -0.2) is 19.6 Å². The SMILES string of the molecule is CCCCCN(c1ccc(CNC)cc1C)C(C)C. The van der Waals surface area contributed by atoms with Gasteiger partial charge in [0.15, 0.2) is 0 Å². The zero-order chi connectivity index (χ0) is 14.3. The maximum atomic E-state index is 3.21. The van der Waals surface area contributed by atoms with Crippen LogP contribution in [0.1, 0.15) is 51.2 Å². The summed E-state index contributed by atoms with van der Waals surface area (Å²) >= 11 is 0. The van der Waals surface area contributed by atoms with Gasteiger partial charge in [-0.15, -0.1) is 0 Å². The van der Waals surface area contributed by atoms with E-state index in [1.54, 1.807) is 0 Å². The molecule has 0 aliphatic carbocycles. The van der Waals surface area contributed by atoms with Crippen LogP contribution >= 0.6 is 0 Å². The van der Waals surface area contributed by atoms with Crippen LogP contribution in [0.2, 0.25) is 0 Å². The first kappa shape index (κ1) is 16.0. The van der Waals surface area contributed by atoms with E-state index in [0.29, 0.717) is 6.04 Å². The molecule has 2 heteroatoms. The molecule has 0 aliphatic heterocycles. The Balaban J connectivity index is 2.83. The summed E-state index contributed by atoms with van der Waals surface area (Å²) < 4.78 is 0. The van der Waals surface area contributed by atoms with Crippen molar-refractivity contribution in [1.29, 1.82) is 0 Å². The Bertz CT molecular complexity index is 372. The standard InChI is InChI=1S/C17H30N2/c1-6-7-8-11-19(14(2)3)17-10-9-16(13-18-5)12-15(17)4/h9-10,12,14,18H,6-8,11,13H2,1-5H3. The lowest BCUT2D eigenvalue weighted by molar-refractivity contribution is 0.624. The van der Waals surface area contributed by atoms with E-state index in [4.69, 9.17) is 0 Å². The van der Waals surface area contributed by atoms with Crippen LogP contribution in [0.25, 0.3) is 0 Å². The summed E-state index contributed by atoms with van der Waals surface area (Å²) in [6.07, 6.45) is 3.89. The second-order valence-electron chi connectivity index (χ2n) is 5.65. The van der Waals surface area contributed by atoms with Gasteiger partial charge in [0.25, 0.3) is 0 Å². The molecule has 0 saturated carbocycles. The van der Waals surface area contributed by atoms with Crippen molar-refractivity contribution < 1.29 is 0 Å². The molecule has 2 nitrogen and oxygen atoms in total. The molecule has 1 N–H and O–H groups in total. The molecule has 0 bridgehead atoms. The molecule has 0 saturated heterocycles. The number of nitrogens with one attached hydrogen (secondary N) is 1. The zero-order valence-electron chi connectivity index (χ0n) is 13.3. The molecule has 0 atom stereocenters. The number of hydrogen-bond donors (Lipinski definition) is 1. The molecule has 0 fully saturated rings. The molecule has 0 aromatic heterocycles. The monoisotopic (exact) mass is 262 g/mol. The number of anilines is 1. The van der Waals surface area contributed by atoms with Gasteiger partial charge in [-0.05, 0) is 51.4 Å². The quantitative estimate of drug-likeness (QED) is 0.709. The maximum Gasteiger partial charge on any atom is 0.0398 e. The first-order valence-electron chi connectivity index (χ1n) is 7.60. The number of unbranched alkanes of at least 4 members (excludes halogenated alkanes) is 2. The van der Waals surface area contributed by atoms with Gasteiger partial charge in [0.05, 0.1) is 0 Å². The van der Waals surface area contributed by atoms with E-state index in [2.05, 4.69) is 56.1 Å². The first-order valence-corrected chi connectivity index (χ1v) is 7.60. The Morgan fingerprint density at radius 2 is 1.95 bits per heavy atom. The van der Waals surface area contributed by atoms with Gasteiger partial charge in [0.1, 0.15) is 0 Å². The minimum absolute atomic E-state index is 0.561. The van der Waals surface area contributed by atoms with Crippen LogP contribution in [-0.2, 0) is 6.54 Å². The molecule has 0 amide bonds. The molecule has 19 heavy (non-hydrogen) atoms. The second kappa shape index (κ2) is 8.21. The topological polar surface area (TPSA) is 15.3 Å². The zero-order valence-corrected chi connectivity index (χ0v) is 13.3. The number of nitrogens with zero attached hydrogens (tertiary/aromatic N) is 1. The molecule has 0 aliphatic rings. The Hall–Kier alpha value is -1.02. The van der Waals surface area contributed by atoms with E-state index < -0.39 is 0 Å². The molecule has 0 heterocycles. The first-order chi connectivity index (χ1) is 9.10. The molecule has 108 valence electrons. The van der Waals surface area contributed by atoms with Crippen molar-refractivity contribution in [2.24, 2.45) is 0 Å². The number of aryl methyl sites for hydroxylation is 1. The molecule has 1 aromatic carbocycles. The fourth-order valence-corrected chi connectivity index (χ4v) is 2.54. The summed E-state index contributed by atoms with van der Waals surface area (Å²) in [7, 11) is 1.99. The van der Waals surface area contributed by atoms with Crippen molar-refractivity contribution in [3.05, 3.63) is 29.3 Å². The molecule has 1 aromatic rings. The fraction of sp³-hybridized carbons (Fsp3) is 0.647. The molecule has 0 unspecified atom stereocenters. The lowest BCUT2D eigenvalue weighted by Gasteiger charge is -2.31. The van der Waals surface area contributed by atoms with Crippen molar-refractivity contribution in [2.75, 3.05) is 18.5 Å². The fourth-order valence-electron chi connectivity index (χ4n) is 2.54.